The lowest BCUT2D eigenvalue weighted by atomic mass is 9.99. The molecule has 0 spiro atoms. The lowest BCUT2D eigenvalue weighted by Crippen LogP contribution is -2.46. The second-order valence-corrected chi connectivity index (χ2v) is 13.5. The summed E-state index contributed by atoms with van der Waals surface area (Å²) < 4.78 is 34.0. The summed E-state index contributed by atoms with van der Waals surface area (Å²) in [5.74, 6) is -1.56. The van der Waals surface area contributed by atoms with Crippen LogP contribution in [0.5, 0.6) is 5.75 Å². The summed E-state index contributed by atoms with van der Waals surface area (Å²) in [4.78, 5) is 18.7. The molecule has 11 nitrogen and oxygen atoms in total. The Morgan fingerprint density at radius 3 is 2.44 bits per heavy atom. The molecule has 2 saturated heterocycles. The van der Waals surface area contributed by atoms with E-state index in [0.29, 0.717) is 40.1 Å². The van der Waals surface area contributed by atoms with Crippen LogP contribution in [0, 0.1) is 5.82 Å². The van der Waals surface area contributed by atoms with Crippen molar-refractivity contribution in [1.82, 2.24) is 20.0 Å². The normalized spacial score (nSPS) is 22.8. The Hall–Kier alpha value is -4.23. The van der Waals surface area contributed by atoms with Gasteiger partial charge in [0, 0.05) is 54.7 Å². The number of hydrogen-bond donors (Lipinski definition) is 0. The molecular formula is C36H38Cl2FN7O4. The molecule has 3 aliphatic rings. The maximum atomic E-state index is 15.4. The summed E-state index contributed by atoms with van der Waals surface area (Å²) in [6.45, 7) is 7.34. The molecule has 0 N–H and O–H groups in total. The highest BCUT2D eigenvalue weighted by molar-refractivity contribution is 6.35. The second kappa shape index (κ2) is 14.6. The Kier molecular flexibility index (Phi) is 9.96. The molecule has 7 rings (SSSR count). The van der Waals surface area contributed by atoms with Crippen LogP contribution in [0.1, 0.15) is 37.3 Å². The molecule has 2 fully saturated rings. The molecule has 0 radical (unpaired) electrons. The van der Waals surface area contributed by atoms with Crippen molar-refractivity contribution in [3.05, 3.63) is 100 Å². The molecule has 262 valence electrons. The molecule has 1 unspecified atom stereocenters. The maximum Gasteiger partial charge on any atom is 0.255 e. The Labute approximate surface area is 300 Å². The van der Waals surface area contributed by atoms with Gasteiger partial charge in [-0.3, -0.25) is 4.79 Å². The van der Waals surface area contributed by atoms with Crippen LogP contribution in [0.2, 0.25) is 10.0 Å². The fraction of sp³-hybridized carbons (Fsp3) is 0.389. The van der Waals surface area contributed by atoms with E-state index in [2.05, 4.69) is 20.2 Å². The number of rotatable bonds is 11. The number of ether oxygens (including phenoxy) is 3. The lowest BCUT2D eigenvalue weighted by molar-refractivity contribution is -0.192. The molecule has 0 saturated carbocycles. The van der Waals surface area contributed by atoms with Crippen LogP contribution in [0.15, 0.2) is 78.2 Å². The van der Waals surface area contributed by atoms with Gasteiger partial charge in [-0.1, -0.05) is 48.3 Å². The molecule has 0 bridgehead atoms. The van der Waals surface area contributed by atoms with E-state index >= 15 is 4.39 Å². The van der Waals surface area contributed by atoms with Gasteiger partial charge in [-0.2, -0.15) is 20.1 Å². The van der Waals surface area contributed by atoms with E-state index in [1.165, 1.54) is 10.9 Å². The van der Waals surface area contributed by atoms with Crippen molar-refractivity contribution in [2.24, 2.45) is 5.10 Å². The zero-order valence-corrected chi connectivity index (χ0v) is 29.3. The van der Waals surface area contributed by atoms with E-state index in [4.69, 9.17) is 37.4 Å². The summed E-state index contributed by atoms with van der Waals surface area (Å²) in [5.41, 5.74) is 3.13. The molecule has 3 aromatic carbocycles. The van der Waals surface area contributed by atoms with E-state index in [1.807, 2.05) is 43.0 Å². The highest BCUT2D eigenvalue weighted by Crippen LogP contribution is 2.40. The van der Waals surface area contributed by atoms with E-state index in [-0.39, 0.29) is 43.4 Å². The van der Waals surface area contributed by atoms with Crippen LogP contribution in [0.3, 0.4) is 0 Å². The lowest BCUT2D eigenvalue weighted by Gasteiger charge is -2.37. The van der Waals surface area contributed by atoms with E-state index in [0.717, 1.165) is 30.8 Å². The van der Waals surface area contributed by atoms with E-state index < -0.39 is 11.9 Å². The van der Waals surface area contributed by atoms with Gasteiger partial charge in [0.1, 0.15) is 36.7 Å². The van der Waals surface area contributed by atoms with Gasteiger partial charge in [-0.25, -0.2) is 9.40 Å². The van der Waals surface area contributed by atoms with Crippen LogP contribution >= 0.6 is 23.2 Å². The van der Waals surface area contributed by atoms with Crippen molar-refractivity contribution in [3.8, 4) is 5.75 Å². The van der Waals surface area contributed by atoms with E-state index in [9.17, 15) is 4.79 Å². The first-order valence-corrected chi connectivity index (χ1v) is 17.5. The summed E-state index contributed by atoms with van der Waals surface area (Å²) in [6.07, 6.45) is 5.26. The van der Waals surface area contributed by atoms with Gasteiger partial charge in [-0.15, -0.1) is 0 Å². The van der Waals surface area contributed by atoms with E-state index in [1.54, 1.807) is 53.9 Å². The molecule has 0 aliphatic carbocycles. The fourth-order valence-electron chi connectivity index (χ4n) is 6.52. The molecule has 4 atom stereocenters. The second-order valence-electron chi connectivity index (χ2n) is 12.7. The summed E-state index contributed by atoms with van der Waals surface area (Å²) >= 11 is 12.7. The number of carbonyl (C=O) groups is 1. The highest BCUT2D eigenvalue weighted by atomic mass is 35.5. The quantitative estimate of drug-likeness (QED) is 0.183. The third-order valence-electron chi connectivity index (χ3n) is 9.45. The number of carbonyl (C=O) groups excluding carboxylic acids is 1. The Balaban J connectivity index is 0.933. The summed E-state index contributed by atoms with van der Waals surface area (Å²) in [5, 5.41) is 15.2. The van der Waals surface area contributed by atoms with Crippen LogP contribution in [-0.2, 0) is 26.6 Å². The Morgan fingerprint density at radius 1 is 1.00 bits per heavy atom. The van der Waals surface area contributed by atoms with Gasteiger partial charge in [0.25, 0.3) is 5.91 Å². The molecule has 14 heteroatoms. The zero-order valence-electron chi connectivity index (χ0n) is 27.8. The number of amides is 1. The number of nitrogens with zero attached hydrogens (tertiary/aromatic N) is 7. The Morgan fingerprint density at radius 2 is 1.74 bits per heavy atom. The smallest absolute Gasteiger partial charge is 0.255 e. The third-order valence-corrected chi connectivity index (χ3v) is 10.00. The monoisotopic (exact) mass is 721 g/mol. The first kappa shape index (κ1) is 34.2. The van der Waals surface area contributed by atoms with Crippen molar-refractivity contribution < 1.29 is 23.4 Å². The topological polar surface area (TPSA) is 97.6 Å². The standard InChI is InChI=1S/C36H38Cl2FN7O4/c1-3-24(2)46-35(47)30(20-42-46)25-4-7-27(8-5-25)43-14-16-44(17-15-43)34-11-9-28(19-33(34)39)48-21-29-22-49-36(50-29,23-45-40-12-13-41-45)31-10-6-26(37)18-32(31)38/h4-13,18-20,24,29-30H,3,14-17,21-23H2,1-2H3/t24?,29-,30+,36-/m1/s1. The molecule has 1 amide bonds. The molecule has 4 aromatic rings. The third kappa shape index (κ3) is 7.02. The van der Waals surface area contributed by atoms with Crippen molar-refractivity contribution in [2.75, 3.05) is 49.2 Å². The van der Waals surface area contributed by atoms with Crippen molar-refractivity contribution >= 4 is 46.7 Å². The van der Waals surface area contributed by atoms with Gasteiger partial charge in [0.05, 0.1) is 35.8 Å². The van der Waals surface area contributed by atoms with Gasteiger partial charge in [0.15, 0.2) is 0 Å². The van der Waals surface area contributed by atoms with Crippen LogP contribution in [-0.4, -0.2) is 83.7 Å². The van der Waals surface area contributed by atoms with Crippen molar-refractivity contribution in [3.63, 3.8) is 0 Å². The Bertz CT molecular complexity index is 1840. The summed E-state index contributed by atoms with van der Waals surface area (Å²) in [6, 6.07) is 18.2. The van der Waals surface area contributed by atoms with Crippen LogP contribution in [0.4, 0.5) is 15.8 Å². The van der Waals surface area contributed by atoms with Gasteiger partial charge < -0.3 is 24.0 Å². The van der Waals surface area contributed by atoms with Crippen molar-refractivity contribution in [1.29, 1.82) is 0 Å². The number of hydrogen-bond acceptors (Lipinski definition) is 9. The summed E-state index contributed by atoms with van der Waals surface area (Å²) in [7, 11) is 0. The number of piperazine rings is 1. The minimum atomic E-state index is -1.26. The number of halogens is 3. The number of anilines is 2. The van der Waals surface area contributed by atoms with Crippen LogP contribution in [0.25, 0.3) is 0 Å². The largest absolute Gasteiger partial charge is 0.491 e. The minimum absolute atomic E-state index is 0.0146. The first-order chi connectivity index (χ1) is 24.2. The van der Waals surface area contributed by atoms with Crippen LogP contribution < -0.4 is 14.5 Å². The highest BCUT2D eigenvalue weighted by Gasteiger charge is 2.46. The SMILES string of the molecule is CCC(C)N1N=C[C@@H](c2ccc(N3CCN(c4ccc(OC[C@@H]5CO[C@@](Cn6nccn6)(c6ccc(Cl)cc6Cl)O5)cc4F)CC3)cc2)C1=O. The number of benzene rings is 3. The maximum absolute atomic E-state index is 15.4. The average molecular weight is 723 g/mol. The molecular weight excluding hydrogens is 684 g/mol. The molecule has 3 aliphatic heterocycles. The number of aromatic nitrogens is 3. The predicted molar refractivity (Wildman–Crippen MR) is 190 cm³/mol. The number of hydrazone groups is 1. The average Bonchev–Trinajstić information content (AvgIpc) is 3.88. The zero-order chi connectivity index (χ0) is 34.8. The van der Waals surface area contributed by atoms with Gasteiger partial charge in [-0.05, 0) is 55.3 Å². The predicted octanol–water partition coefficient (Wildman–Crippen LogP) is 6.11. The molecule has 4 heterocycles. The molecule has 1 aromatic heterocycles. The first-order valence-electron chi connectivity index (χ1n) is 16.7. The van der Waals surface area contributed by atoms with Gasteiger partial charge in [0.2, 0.25) is 5.79 Å². The fourth-order valence-corrected chi connectivity index (χ4v) is 7.07. The van der Waals surface area contributed by atoms with Crippen molar-refractivity contribution in [2.45, 2.75) is 50.7 Å². The molecule has 50 heavy (non-hydrogen) atoms. The minimum Gasteiger partial charge on any atom is -0.491 e. The van der Waals surface area contributed by atoms with Gasteiger partial charge >= 0.3 is 0 Å².